The van der Waals surface area contributed by atoms with Crippen molar-refractivity contribution < 1.29 is 13.6 Å². The summed E-state index contributed by atoms with van der Waals surface area (Å²) in [5, 5.41) is 3.66. The lowest BCUT2D eigenvalue weighted by atomic mass is 10.1. The number of anilines is 2. The number of hydrogen-bond acceptors (Lipinski definition) is 9. The fourth-order valence-corrected chi connectivity index (χ4v) is 6.44. The molecule has 3 fully saturated rings. The van der Waals surface area contributed by atoms with E-state index in [1.165, 1.54) is 34.9 Å². The third kappa shape index (κ3) is 6.02. The van der Waals surface area contributed by atoms with Gasteiger partial charge in [0, 0.05) is 56.2 Å². The van der Waals surface area contributed by atoms with Gasteiger partial charge in [0.05, 0.1) is 22.5 Å². The summed E-state index contributed by atoms with van der Waals surface area (Å²) in [5.74, 6) is -0.529. The van der Waals surface area contributed by atoms with Gasteiger partial charge in [0.25, 0.3) is 0 Å². The van der Waals surface area contributed by atoms with Crippen LogP contribution in [0.2, 0.25) is 0 Å². The van der Waals surface area contributed by atoms with E-state index in [-0.39, 0.29) is 46.5 Å². The smallest absolute Gasteiger partial charge is 0.353 e. The molecule has 48 heavy (non-hydrogen) atoms. The molecule has 1 aliphatic heterocycles. The van der Waals surface area contributed by atoms with Gasteiger partial charge in [-0.1, -0.05) is 18.7 Å². The predicted octanol–water partition coefficient (Wildman–Crippen LogP) is 4.47. The number of nitrogens with one attached hydrogen (secondary N) is 1. The molecule has 11 nitrogen and oxygen atoms in total. The van der Waals surface area contributed by atoms with E-state index in [1.807, 2.05) is 25.9 Å². The van der Waals surface area contributed by atoms with Crippen LogP contribution in [0.3, 0.4) is 0 Å². The zero-order valence-electron chi connectivity index (χ0n) is 27.4. The SMILES string of the molecule is C=CC(=O)N1CCN(c2nc(=O)n(-c3c(C4CC4)nc(NCCN(C)C)nc3C3CC3)c3nc(-c4ccccc4F)c(F)cc23)[C@@H](C)C1. The lowest BCUT2D eigenvalue weighted by Gasteiger charge is -2.40. The van der Waals surface area contributed by atoms with E-state index in [1.54, 1.807) is 11.0 Å². The number of carbonyl (C=O) groups excluding carboxylic acids is 1. The third-order valence-corrected chi connectivity index (χ3v) is 9.25. The minimum atomic E-state index is -0.740. The summed E-state index contributed by atoms with van der Waals surface area (Å²) in [6.07, 6.45) is 4.93. The Bertz CT molecular complexity index is 1940. The van der Waals surface area contributed by atoms with E-state index >= 15 is 8.78 Å². The van der Waals surface area contributed by atoms with Gasteiger partial charge < -0.3 is 20.0 Å². The van der Waals surface area contributed by atoms with Crippen LogP contribution >= 0.6 is 0 Å². The summed E-state index contributed by atoms with van der Waals surface area (Å²) in [4.78, 5) is 51.7. The lowest BCUT2D eigenvalue weighted by molar-refractivity contribution is -0.126. The Morgan fingerprint density at radius 1 is 1.02 bits per heavy atom. The highest BCUT2D eigenvalue weighted by atomic mass is 19.1. The molecule has 13 heteroatoms. The number of fused-ring (bicyclic) bond motifs is 1. The second kappa shape index (κ2) is 12.7. The molecule has 4 heterocycles. The Labute approximate surface area is 277 Å². The quantitative estimate of drug-likeness (QED) is 0.248. The molecular formula is C35H39F2N9O2. The zero-order chi connectivity index (χ0) is 33.7. The Kier molecular flexibility index (Phi) is 8.40. The van der Waals surface area contributed by atoms with Crippen molar-refractivity contribution in [2.75, 3.05) is 57.0 Å². The van der Waals surface area contributed by atoms with Crippen LogP contribution in [-0.2, 0) is 4.79 Å². The Balaban J connectivity index is 1.46. The number of likely N-dealkylation sites (N-methyl/N-ethyl adjacent to an activating group) is 1. The van der Waals surface area contributed by atoms with E-state index < -0.39 is 17.3 Å². The summed E-state index contributed by atoms with van der Waals surface area (Å²) in [6.45, 7) is 8.07. The Morgan fingerprint density at radius 2 is 1.71 bits per heavy atom. The minimum Gasteiger partial charge on any atom is -0.353 e. The number of benzene rings is 1. The maximum absolute atomic E-state index is 16.1. The Morgan fingerprint density at radius 3 is 2.31 bits per heavy atom. The van der Waals surface area contributed by atoms with Crippen LogP contribution in [0.25, 0.3) is 28.0 Å². The molecule has 1 atom stereocenters. The third-order valence-electron chi connectivity index (χ3n) is 9.25. The van der Waals surface area contributed by atoms with Crippen LogP contribution in [0.15, 0.2) is 47.8 Å². The molecule has 250 valence electrons. The van der Waals surface area contributed by atoms with Crippen molar-refractivity contribution in [2.24, 2.45) is 0 Å². The summed E-state index contributed by atoms with van der Waals surface area (Å²) < 4.78 is 32.6. The fourth-order valence-electron chi connectivity index (χ4n) is 6.44. The van der Waals surface area contributed by atoms with Crippen LogP contribution in [0.1, 0.15) is 55.8 Å². The van der Waals surface area contributed by atoms with Crippen LogP contribution < -0.4 is 15.9 Å². The summed E-state index contributed by atoms with van der Waals surface area (Å²) >= 11 is 0. The first-order chi connectivity index (χ1) is 23.1. The maximum atomic E-state index is 16.1. The van der Waals surface area contributed by atoms with Crippen molar-refractivity contribution in [1.29, 1.82) is 0 Å². The highest BCUT2D eigenvalue weighted by Crippen LogP contribution is 2.48. The molecular weight excluding hydrogens is 616 g/mol. The number of halogens is 2. The van der Waals surface area contributed by atoms with Crippen molar-refractivity contribution in [3.05, 3.63) is 76.5 Å². The highest BCUT2D eigenvalue weighted by Gasteiger charge is 2.38. The van der Waals surface area contributed by atoms with Crippen LogP contribution in [-0.4, -0.2) is 93.1 Å². The number of piperazine rings is 1. The summed E-state index contributed by atoms with van der Waals surface area (Å²) in [5.41, 5.74) is 1.35. The van der Waals surface area contributed by atoms with Gasteiger partial charge >= 0.3 is 5.69 Å². The molecule has 1 N–H and O–H groups in total. The standard InChI is InChI=1S/C35H39F2N9O2/c1-5-27(47)44-16-17-45(20(2)19-44)32-24-18-26(37)30(23-8-6-7-9-25(23)36)39-33(24)46(35(48)42-32)31-28(21-10-11-21)40-34(38-14-15-43(3)4)41-29(31)22-12-13-22/h5-9,18,20-22H,1,10-17,19H2,2-4H3,(H,38,40,41)/t20-/m0/s1. The number of rotatable bonds is 10. The van der Waals surface area contributed by atoms with Gasteiger partial charge in [-0.15, -0.1) is 0 Å². The van der Waals surface area contributed by atoms with Crippen LogP contribution in [0.4, 0.5) is 20.5 Å². The fraction of sp³-hybridized carbons (Fsp3) is 0.429. The maximum Gasteiger partial charge on any atom is 0.355 e. The Hall–Kier alpha value is -4.78. The van der Waals surface area contributed by atoms with E-state index in [0.29, 0.717) is 43.2 Å². The van der Waals surface area contributed by atoms with E-state index in [9.17, 15) is 9.59 Å². The summed E-state index contributed by atoms with van der Waals surface area (Å²) in [7, 11) is 4.00. The molecule has 1 aromatic carbocycles. The van der Waals surface area contributed by atoms with Gasteiger partial charge in [0.15, 0.2) is 5.65 Å². The number of carbonyl (C=O) groups is 1. The van der Waals surface area contributed by atoms with Gasteiger partial charge in [0.2, 0.25) is 11.9 Å². The molecule has 0 radical (unpaired) electrons. The van der Waals surface area contributed by atoms with Crippen molar-refractivity contribution in [2.45, 2.75) is 50.5 Å². The van der Waals surface area contributed by atoms with Crippen molar-refractivity contribution in [3.8, 4) is 16.9 Å². The molecule has 3 aliphatic rings. The minimum absolute atomic E-state index is 0.0132. The molecule has 1 saturated heterocycles. The molecule has 2 saturated carbocycles. The number of pyridine rings is 1. The first-order valence-corrected chi connectivity index (χ1v) is 16.5. The summed E-state index contributed by atoms with van der Waals surface area (Å²) in [6, 6.07) is 6.92. The van der Waals surface area contributed by atoms with E-state index in [4.69, 9.17) is 15.0 Å². The monoisotopic (exact) mass is 655 g/mol. The van der Waals surface area contributed by atoms with Crippen molar-refractivity contribution in [1.82, 2.24) is 34.3 Å². The number of nitrogens with zero attached hydrogens (tertiary/aromatic N) is 8. The molecule has 3 aromatic heterocycles. The van der Waals surface area contributed by atoms with Gasteiger partial charge in [-0.2, -0.15) is 4.98 Å². The highest BCUT2D eigenvalue weighted by molar-refractivity contribution is 5.91. The van der Waals surface area contributed by atoms with Crippen LogP contribution in [0, 0.1) is 11.6 Å². The number of amides is 1. The van der Waals surface area contributed by atoms with Gasteiger partial charge in [-0.05, 0) is 71.0 Å². The first kappa shape index (κ1) is 31.8. The molecule has 1 amide bonds. The average molecular weight is 656 g/mol. The normalized spacial score (nSPS) is 18.1. The lowest BCUT2D eigenvalue weighted by Crippen LogP contribution is -2.54. The molecule has 0 bridgehead atoms. The van der Waals surface area contributed by atoms with Crippen molar-refractivity contribution >= 4 is 28.7 Å². The number of hydrogen-bond donors (Lipinski definition) is 1. The first-order valence-electron chi connectivity index (χ1n) is 16.5. The second-order valence-corrected chi connectivity index (χ2v) is 13.2. The predicted molar refractivity (Wildman–Crippen MR) is 181 cm³/mol. The molecule has 4 aromatic rings. The molecule has 7 rings (SSSR count). The van der Waals surface area contributed by atoms with E-state index in [0.717, 1.165) is 43.6 Å². The van der Waals surface area contributed by atoms with Gasteiger partial charge in [-0.25, -0.2) is 33.1 Å². The van der Waals surface area contributed by atoms with Gasteiger partial charge in [0.1, 0.15) is 23.1 Å². The topological polar surface area (TPSA) is 112 Å². The molecule has 2 aliphatic carbocycles. The molecule has 0 spiro atoms. The zero-order valence-corrected chi connectivity index (χ0v) is 27.4. The average Bonchev–Trinajstić information content (AvgIpc) is 3.99. The van der Waals surface area contributed by atoms with E-state index in [2.05, 4.69) is 21.8 Å². The second-order valence-electron chi connectivity index (χ2n) is 13.2. The van der Waals surface area contributed by atoms with Gasteiger partial charge in [-0.3, -0.25) is 4.79 Å². The molecule has 0 unspecified atom stereocenters. The van der Waals surface area contributed by atoms with Crippen LogP contribution in [0.5, 0.6) is 0 Å². The number of aromatic nitrogens is 5. The van der Waals surface area contributed by atoms with Crippen molar-refractivity contribution in [3.63, 3.8) is 0 Å². The largest absolute Gasteiger partial charge is 0.355 e.